The first-order chi connectivity index (χ1) is 8.04. The third-order valence-electron chi connectivity index (χ3n) is 2.57. The molecule has 0 saturated carbocycles. The van der Waals surface area contributed by atoms with Crippen LogP contribution in [0.4, 0.5) is 0 Å². The van der Waals surface area contributed by atoms with Crippen LogP contribution in [-0.4, -0.2) is 41.9 Å². The summed E-state index contributed by atoms with van der Waals surface area (Å²) in [5, 5.41) is 9.18. The van der Waals surface area contributed by atoms with Crippen LogP contribution in [0.5, 0.6) is 0 Å². The largest absolute Gasteiger partial charge is 0.393 e. The predicted molar refractivity (Wildman–Crippen MR) is 71.5 cm³/mol. The fourth-order valence-electron chi connectivity index (χ4n) is 1.44. The number of hydrogen-bond donors (Lipinski definition) is 1. The van der Waals surface area contributed by atoms with Gasteiger partial charge in [0.25, 0.3) is 5.91 Å². The smallest absolute Gasteiger partial charge is 0.253 e. The van der Waals surface area contributed by atoms with E-state index in [0.29, 0.717) is 18.5 Å². The van der Waals surface area contributed by atoms with Gasteiger partial charge in [0, 0.05) is 24.1 Å². The summed E-state index contributed by atoms with van der Waals surface area (Å²) in [6, 6.07) is 7.57. The van der Waals surface area contributed by atoms with Gasteiger partial charge in [-0.3, -0.25) is 4.79 Å². The van der Waals surface area contributed by atoms with Crippen LogP contribution in [0.25, 0.3) is 0 Å². The quantitative estimate of drug-likeness (QED) is 0.818. The summed E-state index contributed by atoms with van der Waals surface area (Å²) in [4.78, 5) is 14.8. The van der Waals surface area contributed by atoms with E-state index >= 15 is 0 Å². The lowest BCUT2D eigenvalue weighted by Crippen LogP contribution is -2.29. The number of aliphatic hydroxyl groups is 1. The SMILES string of the molecule is CSc1ccc(C(=O)N(C)CCC(C)O)cc1. The number of hydrogen-bond acceptors (Lipinski definition) is 3. The molecule has 0 aliphatic rings. The predicted octanol–water partition coefficient (Wildman–Crippen LogP) is 2.25. The normalized spacial score (nSPS) is 12.2. The highest BCUT2D eigenvalue weighted by Gasteiger charge is 2.11. The van der Waals surface area contributed by atoms with Gasteiger partial charge in [-0.15, -0.1) is 11.8 Å². The molecule has 3 nitrogen and oxygen atoms in total. The molecule has 1 rings (SSSR count). The fraction of sp³-hybridized carbons (Fsp3) is 0.462. The highest BCUT2D eigenvalue weighted by molar-refractivity contribution is 7.98. The number of thioether (sulfide) groups is 1. The Kier molecular flexibility index (Phi) is 5.51. The van der Waals surface area contributed by atoms with E-state index in [1.807, 2.05) is 30.5 Å². The Morgan fingerprint density at radius 3 is 2.47 bits per heavy atom. The van der Waals surface area contributed by atoms with Gasteiger partial charge in [-0.2, -0.15) is 0 Å². The topological polar surface area (TPSA) is 40.5 Å². The summed E-state index contributed by atoms with van der Waals surface area (Å²) in [6.07, 6.45) is 2.24. The van der Waals surface area contributed by atoms with Gasteiger partial charge in [-0.05, 0) is 43.9 Å². The van der Waals surface area contributed by atoms with Crippen LogP contribution >= 0.6 is 11.8 Å². The highest BCUT2D eigenvalue weighted by Crippen LogP contribution is 2.15. The minimum absolute atomic E-state index is 0.00157. The average molecular weight is 253 g/mol. The molecule has 17 heavy (non-hydrogen) atoms. The first-order valence-electron chi connectivity index (χ1n) is 5.62. The molecule has 0 heterocycles. The maximum Gasteiger partial charge on any atom is 0.253 e. The number of carbonyl (C=O) groups excluding carboxylic acids is 1. The van der Waals surface area contributed by atoms with Gasteiger partial charge >= 0.3 is 0 Å². The van der Waals surface area contributed by atoms with Crippen molar-refractivity contribution < 1.29 is 9.90 Å². The van der Waals surface area contributed by atoms with Gasteiger partial charge in [0.05, 0.1) is 6.10 Å². The first kappa shape index (κ1) is 14.1. The molecule has 0 saturated heterocycles. The summed E-state index contributed by atoms with van der Waals surface area (Å²) in [6.45, 7) is 2.30. The van der Waals surface area contributed by atoms with Gasteiger partial charge in [0.2, 0.25) is 0 Å². The van der Waals surface area contributed by atoms with E-state index in [9.17, 15) is 9.90 Å². The molecule has 0 aliphatic carbocycles. The van der Waals surface area contributed by atoms with E-state index in [2.05, 4.69) is 0 Å². The standard InChI is InChI=1S/C13H19NO2S/c1-10(15)8-9-14(2)13(16)11-4-6-12(17-3)7-5-11/h4-7,10,15H,8-9H2,1-3H3. The zero-order chi connectivity index (χ0) is 12.8. The van der Waals surface area contributed by atoms with Gasteiger partial charge < -0.3 is 10.0 Å². The first-order valence-corrected chi connectivity index (χ1v) is 6.84. The Bertz CT molecular complexity index is 362. The van der Waals surface area contributed by atoms with E-state index in [-0.39, 0.29) is 12.0 Å². The molecule has 1 atom stereocenters. The summed E-state index contributed by atoms with van der Waals surface area (Å²) in [7, 11) is 1.76. The van der Waals surface area contributed by atoms with E-state index < -0.39 is 0 Å². The van der Waals surface area contributed by atoms with Crippen molar-refractivity contribution in [3.8, 4) is 0 Å². The van der Waals surface area contributed by atoms with Crippen molar-refractivity contribution in [1.29, 1.82) is 0 Å². The summed E-state index contributed by atoms with van der Waals surface area (Å²) in [5.74, 6) is -0.00157. The van der Waals surface area contributed by atoms with Crippen molar-refractivity contribution in [3.63, 3.8) is 0 Å². The van der Waals surface area contributed by atoms with Crippen LogP contribution < -0.4 is 0 Å². The van der Waals surface area contributed by atoms with Gasteiger partial charge in [-0.1, -0.05) is 0 Å². The van der Waals surface area contributed by atoms with Gasteiger partial charge in [0.15, 0.2) is 0 Å². The van der Waals surface area contributed by atoms with Crippen molar-refractivity contribution >= 4 is 17.7 Å². The minimum Gasteiger partial charge on any atom is -0.393 e. The molecule has 0 fully saturated rings. The molecule has 1 N–H and O–H groups in total. The monoisotopic (exact) mass is 253 g/mol. The van der Waals surface area contributed by atoms with Crippen LogP contribution in [0, 0.1) is 0 Å². The fourth-order valence-corrected chi connectivity index (χ4v) is 1.84. The third-order valence-corrected chi connectivity index (χ3v) is 3.31. The van der Waals surface area contributed by atoms with Crippen LogP contribution in [0.2, 0.25) is 0 Å². The van der Waals surface area contributed by atoms with Crippen molar-refractivity contribution in [3.05, 3.63) is 29.8 Å². The maximum absolute atomic E-state index is 12.0. The molecule has 1 unspecified atom stereocenters. The van der Waals surface area contributed by atoms with Gasteiger partial charge in [-0.25, -0.2) is 0 Å². The minimum atomic E-state index is -0.371. The lowest BCUT2D eigenvalue weighted by molar-refractivity contribution is 0.0769. The lowest BCUT2D eigenvalue weighted by atomic mass is 10.2. The second-order valence-electron chi connectivity index (χ2n) is 4.09. The van der Waals surface area contributed by atoms with Crippen molar-refractivity contribution in [1.82, 2.24) is 4.90 Å². The van der Waals surface area contributed by atoms with E-state index in [4.69, 9.17) is 0 Å². The second kappa shape index (κ2) is 6.67. The molecule has 1 aromatic carbocycles. The second-order valence-corrected chi connectivity index (χ2v) is 4.97. The summed E-state index contributed by atoms with van der Waals surface area (Å²) >= 11 is 1.65. The number of benzene rings is 1. The van der Waals surface area contributed by atoms with Crippen LogP contribution in [0.1, 0.15) is 23.7 Å². The molecule has 0 aromatic heterocycles. The summed E-state index contributed by atoms with van der Waals surface area (Å²) in [5.41, 5.74) is 0.691. The Balaban J connectivity index is 2.61. The average Bonchev–Trinajstić information content (AvgIpc) is 2.35. The Morgan fingerprint density at radius 2 is 2.00 bits per heavy atom. The third kappa shape index (κ3) is 4.40. The molecule has 0 spiro atoms. The van der Waals surface area contributed by atoms with Crippen LogP contribution in [-0.2, 0) is 0 Å². The number of amides is 1. The number of rotatable bonds is 5. The zero-order valence-electron chi connectivity index (χ0n) is 10.5. The van der Waals surface area contributed by atoms with Crippen molar-refractivity contribution in [2.24, 2.45) is 0 Å². The van der Waals surface area contributed by atoms with E-state index in [1.54, 1.807) is 30.6 Å². The molecule has 0 bridgehead atoms. The Hall–Kier alpha value is -1.00. The van der Waals surface area contributed by atoms with Gasteiger partial charge in [0.1, 0.15) is 0 Å². The highest BCUT2D eigenvalue weighted by atomic mass is 32.2. The molecular formula is C13H19NO2S. The number of aliphatic hydroxyl groups excluding tert-OH is 1. The number of carbonyl (C=O) groups is 1. The lowest BCUT2D eigenvalue weighted by Gasteiger charge is -2.18. The van der Waals surface area contributed by atoms with Crippen LogP contribution in [0.3, 0.4) is 0 Å². The molecular weight excluding hydrogens is 234 g/mol. The molecule has 0 radical (unpaired) electrons. The van der Waals surface area contributed by atoms with E-state index in [1.165, 1.54) is 0 Å². The van der Waals surface area contributed by atoms with E-state index in [0.717, 1.165) is 4.90 Å². The Morgan fingerprint density at radius 1 is 1.41 bits per heavy atom. The van der Waals surface area contributed by atoms with Crippen molar-refractivity contribution in [2.45, 2.75) is 24.3 Å². The number of nitrogens with zero attached hydrogens (tertiary/aromatic N) is 1. The zero-order valence-corrected chi connectivity index (χ0v) is 11.3. The molecule has 1 aromatic rings. The van der Waals surface area contributed by atoms with Crippen LogP contribution in [0.15, 0.2) is 29.2 Å². The molecule has 94 valence electrons. The molecule has 1 amide bonds. The molecule has 4 heteroatoms. The maximum atomic E-state index is 12.0. The molecule has 0 aliphatic heterocycles. The summed E-state index contributed by atoms with van der Waals surface area (Å²) < 4.78 is 0. The Labute approximate surface area is 107 Å². The van der Waals surface area contributed by atoms with Crippen molar-refractivity contribution in [2.75, 3.05) is 19.8 Å².